The number of rotatable bonds is 6. The fraction of sp³-hybridized carbons (Fsp3) is 0.316. The number of ether oxygens (including phenoxy) is 1. The lowest BCUT2D eigenvalue weighted by molar-refractivity contribution is -0.117. The molecule has 0 atom stereocenters. The van der Waals surface area contributed by atoms with Crippen LogP contribution in [0.4, 0.5) is 14.5 Å². The summed E-state index contributed by atoms with van der Waals surface area (Å²) >= 11 is 0. The van der Waals surface area contributed by atoms with Gasteiger partial charge in [0, 0.05) is 37.9 Å². The summed E-state index contributed by atoms with van der Waals surface area (Å²) in [6, 6.07) is 9.86. The first-order valence-electron chi connectivity index (χ1n) is 8.91. The Kier molecular flexibility index (Phi) is 6.46. The molecule has 3 rings (SSSR count). The van der Waals surface area contributed by atoms with E-state index in [9.17, 15) is 22.0 Å². The monoisotopic (exact) mass is 425 g/mol. The van der Waals surface area contributed by atoms with Crippen LogP contribution in [0.5, 0.6) is 5.75 Å². The predicted octanol–water partition coefficient (Wildman–Crippen LogP) is 1.92. The van der Waals surface area contributed by atoms with Gasteiger partial charge in [0.25, 0.3) is 0 Å². The Bertz CT molecular complexity index is 972. The summed E-state index contributed by atoms with van der Waals surface area (Å²) in [4.78, 5) is 13.1. The van der Waals surface area contributed by atoms with Crippen LogP contribution in [0, 0.1) is 11.6 Å². The van der Waals surface area contributed by atoms with Gasteiger partial charge in [-0.2, -0.15) is 4.31 Å². The number of anilines is 1. The third-order valence-electron chi connectivity index (χ3n) is 4.57. The molecule has 156 valence electrons. The van der Waals surface area contributed by atoms with E-state index in [1.165, 1.54) is 7.11 Å². The third-order valence-corrected chi connectivity index (χ3v) is 6.52. The van der Waals surface area contributed by atoms with Crippen molar-refractivity contribution < 1.29 is 26.7 Å². The lowest BCUT2D eigenvalue weighted by Gasteiger charge is -2.33. The molecule has 10 heteroatoms. The van der Waals surface area contributed by atoms with Crippen LogP contribution in [0.1, 0.15) is 0 Å². The maximum Gasteiger partial charge on any atom is 0.249 e. The molecule has 0 radical (unpaired) electrons. The molecule has 1 N–H and O–H groups in total. The zero-order chi connectivity index (χ0) is 21.0. The molecule has 1 aliphatic heterocycles. The molecule has 0 aliphatic carbocycles. The van der Waals surface area contributed by atoms with E-state index in [0.717, 1.165) is 22.5 Å². The number of nitrogens with zero attached hydrogens (tertiary/aromatic N) is 2. The van der Waals surface area contributed by atoms with Crippen LogP contribution in [0.3, 0.4) is 0 Å². The molecule has 2 aromatic carbocycles. The van der Waals surface area contributed by atoms with Gasteiger partial charge in [0.1, 0.15) is 17.4 Å². The van der Waals surface area contributed by atoms with Crippen LogP contribution in [0.25, 0.3) is 0 Å². The van der Waals surface area contributed by atoms with Gasteiger partial charge in [0.05, 0.1) is 13.7 Å². The first kappa shape index (κ1) is 21.2. The van der Waals surface area contributed by atoms with Crippen molar-refractivity contribution in [3.63, 3.8) is 0 Å². The molecule has 29 heavy (non-hydrogen) atoms. The SMILES string of the molecule is COc1cccc(NC(=O)CN2CCN(S(=O)(=O)c3c(F)cccc3F)CC2)c1. The predicted molar refractivity (Wildman–Crippen MR) is 103 cm³/mol. The molecule has 7 nitrogen and oxygen atoms in total. The minimum atomic E-state index is -4.29. The highest BCUT2D eigenvalue weighted by Gasteiger charge is 2.33. The summed E-state index contributed by atoms with van der Waals surface area (Å²) in [5.41, 5.74) is 0.589. The fourth-order valence-electron chi connectivity index (χ4n) is 3.09. The molecule has 1 heterocycles. The fourth-order valence-corrected chi connectivity index (χ4v) is 4.62. The van der Waals surface area contributed by atoms with Crippen molar-refractivity contribution in [3.8, 4) is 5.75 Å². The van der Waals surface area contributed by atoms with Crippen molar-refractivity contribution in [2.75, 3.05) is 45.2 Å². The standard InChI is InChI=1S/C19H21F2N3O4S/c1-28-15-5-2-4-14(12-15)22-18(25)13-23-8-10-24(11-9-23)29(26,27)19-16(20)6-3-7-17(19)21/h2-7,12H,8-11,13H2,1H3,(H,22,25). The highest BCUT2D eigenvalue weighted by Crippen LogP contribution is 2.23. The number of methoxy groups -OCH3 is 1. The summed E-state index contributed by atoms with van der Waals surface area (Å²) < 4.78 is 59.1. The minimum absolute atomic E-state index is 0.0303. The van der Waals surface area contributed by atoms with Gasteiger partial charge in [-0.3, -0.25) is 9.69 Å². The van der Waals surface area contributed by atoms with Crippen molar-refractivity contribution in [2.45, 2.75) is 4.90 Å². The topological polar surface area (TPSA) is 79.0 Å². The van der Waals surface area contributed by atoms with E-state index in [1.54, 1.807) is 29.2 Å². The zero-order valence-electron chi connectivity index (χ0n) is 15.8. The Morgan fingerprint density at radius 3 is 2.31 bits per heavy atom. The van der Waals surface area contributed by atoms with Gasteiger partial charge < -0.3 is 10.1 Å². The van der Waals surface area contributed by atoms with Gasteiger partial charge in [-0.15, -0.1) is 0 Å². The third kappa shape index (κ3) is 4.89. The van der Waals surface area contributed by atoms with Gasteiger partial charge in [-0.25, -0.2) is 17.2 Å². The number of piperazine rings is 1. The van der Waals surface area contributed by atoms with Gasteiger partial charge in [-0.05, 0) is 24.3 Å². The number of amides is 1. The van der Waals surface area contributed by atoms with Crippen LogP contribution in [-0.4, -0.2) is 63.4 Å². The highest BCUT2D eigenvalue weighted by atomic mass is 32.2. The Morgan fingerprint density at radius 1 is 1.07 bits per heavy atom. The molecule has 0 unspecified atom stereocenters. The minimum Gasteiger partial charge on any atom is -0.497 e. The van der Waals surface area contributed by atoms with Crippen LogP contribution >= 0.6 is 0 Å². The number of benzene rings is 2. The lowest BCUT2D eigenvalue weighted by Crippen LogP contribution is -2.50. The summed E-state index contributed by atoms with van der Waals surface area (Å²) in [7, 11) is -2.76. The number of sulfonamides is 1. The Hall–Kier alpha value is -2.56. The van der Waals surface area contributed by atoms with Crippen molar-refractivity contribution in [3.05, 3.63) is 54.1 Å². The molecule has 1 aliphatic rings. The second-order valence-electron chi connectivity index (χ2n) is 6.51. The maximum atomic E-state index is 13.9. The second-order valence-corrected chi connectivity index (χ2v) is 8.39. The first-order valence-corrected chi connectivity index (χ1v) is 10.4. The van der Waals surface area contributed by atoms with Gasteiger partial charge >= 0.3 is 0 Å². The summed E-state index contributed by atoms with van der Waals surface area (Å²) in [5.74, 6) is -1.88. The van der Waals surface area contributed by atoms with E-state index in [0.29, 0.717) is 11.4 Å². The van der Waals surface area contributed by atoms with Crippen LogP contribution < -0.4 is 10.1 Å². The molecule has 1 saturated heterocycles. The zero-order valence-corrected chi connectivity index (χ0v) is 16.6. The summed E-state index contributed by atoms with van der Waals surface area (Å²) in [6.45, 7) is 0.659. The molecule has 0 saturated carbocycles. The first-order chi connectivity index (χ1) is 13.8. The summed E-state index contributed by atoms with van der Waals surface area (Å²) in [5, 5.41) is 2.75. The molecular weight excluding hydrogens is 404 g/mol. The number of halogens is 2. The molecule has 1 fully saturated rings. The van der Waals surface area contributed by atoms with Crippen LogP contribution in [0.15, 0.2) is 47.4 Å². The van der Waals surface area contributed by atoms with Gasteiger partial charge in [-0.1, -0.05) is 12.1 Å². The lowest BCUT2D eigenvalue weighted by atomic mass is 10.3. The normalized spacial score (nSPS) is 15.8. The molecule has 1 amide bonds. The van der Waals surface area contributed by atoms with Crippen LogP contribution in [0.2, 0.25) is 0 Å². The van der Waals surface area contributed by atoms with Crippen molar-refractivity contribution >= 4 is 21.6 Å². The van der Waals surface area contributed by atoms with Crippen molar-refractivity contribution in [1.29, 1.82) is 0 Å². The molecule has 0 bridgehead atoms. The molecular formula is C19H21F2N3O4S. The number of hydrogen-bond donors (Lipinski definition) is 1. The average Bonchev–Trinajstić information content (AvgIpc) is 2.68. The molecule has 0 aromatic heterocycles. The smallest absolute Gasteiger partial charge is 0.249 e. The van der Waals surface area contributed by atoms with Crippen molar-refractivity contribution in [2.24, 2.45) is 0 Å². The highest BCUT2D eigenvalue weighted by molar-refractivity contribution is 7.89. The average molecular weight is 425 g/mol. The maximum absolute atomic E-state index is 13.9. The van der Waals surface area contributed by atoms with E-state index in [4.69, 9.17) is 4.74 Å². The number of nitrogens with one attached hydrogen (secondary N) is 1. The Labute approximate surface area is 167 Å². The molecule has 0 spiro atoms. The van der Waals surface area contributed by atoms with E-state index >= 15 is 0 Å². The Morgan fingerprint density at radius 2 is 1.69 bits per heavy atom. The molecule has 2 aromatic rings. The van der Waals surface area contributed by atoms with E-state index < -0.39 is 26.6 Å². The van der Waals surface area contributed by atoms with E-state index in [1.807, 2.05) is 0 Å². The van der Waals surface area contributed by atoms with Crippen LogP contribution in [-0.2, 0) is 14.8 Å². The van der Waals surface area contributed by atoms with Gasteiger partial charge in [0.2, 0.25) is 15.9 Å². The van der Waals surface area contributed by atoms with E-state index in [-0.39, 0.29) is 38.6 Å². The van der Waals surface area contributed by atoms with Gasteiger partial charge in [0.15, 0.2) is 4.90 Å². The largest absolute Gasteiger partial charge is 0.497 e. The Balaban J connectivity index is 1.58. The second kappa shape index (κ2) is 8.85. The summed E-state index contributed by atoms with van der Waals surface area (Å²) in [6.07, 6.45) is 0. The number of hydrogen-bond acceptors (Lipinski definition) is 5. The quantitative estimate of drug-likeness (QED) is 0.765. The number of carbonyl (C=O) groups excluding carboxylic acids is 1. The van der Waals surface area contributed by atoms with E-state index in [2.05, 4.69) is 5.32 Å². The number of carbonyl (C=O) groups is 1. The van der Waals surface area contributed by atoms with Crippen molar-refractivity contribution in [1.82, 2.24) is 9.21 Å².